The van der Waals surface area contributed by atoms with Gasteiger partial charge < -0.3 is 10.2 Å². The van der Waals surface area contributed by atoms with E-state index in [0.29, 0.717) is 0 Å². The van der Waals surface area contributed by atoms with Gasteiger partial charge >= 0.3 is 0 Å². The number of nitriles is 1. The smallest absolute Gasteiger partial charge is 0.0683 e. The van der Waals surface area contributed by atoms with Gasteiger partial charge in [0, 0.05) is 12.6 Å². The molecule has 108 valence electrons. The van der Waals surface area contributed by atoms with Gasteiger partial charge in [0.05, 0.1) is 11.5 Å². The Morgan fingerprint density at radius 2 is 2.11 bits per heavy atom. The van der Waals surface area contributed by atoms with Crippen molar-refractivity contribution in [1.82, 2.24) is 10.2 Å². The monoisotopic (exact) mass is 263 g/mol. The third kappa shape index (κ3) is 5.12. The van der Waals surface area contributed by atoms with Crippen molar-refractivity contribution >= 4 is 0 Å². The minimum atomic E-state index is -0.151. The SMILES string of the molecule is CC(C)(C#N)CCCN(CC1CCCNC1)C1CC1. The van der Waals surface area contributed by atoms with Crippen LogP contribution in [0.4, 0.5) is 0 Å². The molecule has 0 aromatic heterocycles. The highest BCUT2D eigenvalue weighted by molar-refractivity contribution is 4.92. The molecular weight excluding hydrogens is 234 g/mol. The van der Waals surface area contributed by atoms with E-state index >= 15 is 0 Å². The molecular formula is C16H29N3. The van der Waals surface area contributed by atoms with Crippen LogP contribution in [0, 0.1) is 22.7 Å². The van der Waals surface area contributed by atoms with Crippen molar-refractivity contribution < 1.29 is 0 Å². The number of hydrogen-bond donors (Lipinski definition) is 1. The Hall–Kier alpha value is -0.590. The Labute approximate surface area is 118 Å². The Morgan fingerprint density at radius 1 is 1.32 bits per heavy atom. The van der Waals surface area contributed by atoms with Crippen molar-refractivity contribution in [3.63, 3.8) is 0 Å². The summed E-state index contributed by atoms with van der Waals surface area (Å²) in [7, 11) is 0. The molecule has 1 aliphatic carbocycles. The lowest BCUT2D eigenvalue weighted by Crippen LogP contribution is -2.39. The standard InChI is InChI=1S/C16H29N3/c1-16(2,13-17)8-4-10-19(15-6-7-15)12-14-5-3-9-18-11-14/h14-15,18H,3-12H2,1-2H3. The van der Waals surface area contributed by atoms with E-state index in [1.54, 1.807) is 0 Å². The zero-order valence-electron chi connectivity index (χ0n) is 12.6. The van der Waals surface area contributed by atoms with Gasteiger partial charge in [-0.2, -0.15) is 5.26 Å². The Bertz CT molecular complexity index is 308. The van der Waals surface area contributed by atoms with Crippen molar-refractivity contribution in [1.29, 1.82) is 5.26 Å². The van der Waals surface area contributed by atoms with Crippen LogP contribution in [0.5, 0.6) is 0 Å². The Balaban J connectivity index is 1.72. The fourth-order valence-corrected chi connectivity index (χ4v) is 3.05. The normalized spacial score (nSPS) is 24.4. The second kappa shape index (κ2) is 6.72. The van der Waals surface area contributed by atoms with Gasteiger partial charge in [0.15, 0.2) is 0 Å². The zero-order valence-corrected chi connectivity index (χ0v) is 12.6. The summed E-state index contributed by atoms with van der Waals surface area (Å²) in [6, 6.07) is 3.27. The van der Waals surface area contributed by atoms with Crippen LogP contribution >= 0.6 is 0 Å². The average Bonchev–Trinajstić information content (AvgIpc) is 3.23. The van der Waals surface area contributed by atoms with Crippen LogP contribution in [-0.4, -0.2) is 37.1 Å². The number of rotatable bonds is 7. The third-order valence-corrected chi connectivity index (χ3v) is 4.50. The summed E-state index contributed by atoms with van der Waals surface area (Å²) in [5.74, 6) is 0.846. The van der Waals surface area contributed by atoms with Crippen LogP contribution < -0.4 is 5.32 Å². The van der Waals surface area contributed by atoms with E-state index in [1.165, 1.54) is 51.9 Å². The molecule has 0 aromatic carbocycles. The van der Waals surface area contributed by atoms with Gasteiger partial charge in [-0.1, -0.05) is 0 Å². The quantitative estimate of drug-likeness (QED) is 0.767. The van der Waals surface area contributed by atoms with Gasteiger partial charge in [-0.05, 0) is 77.9 Å². The van der Waals surface area contributed by atoms with E-state index < -0.39 is 0 Å². The molecule has 0 amide bonds. The fourth-order valence-electron chi connectivity index (χ4n) is 3.05. The maximum absolute atomic E-state index is 9.07. The molecule has 1 N–H and O–H groups in total. The van der Waals surface area contributed by atoms with Crippen molar-refractivity contribution in [3.8, 4) is 6.07 Å². The lowest BCUT2D eigenvalue weighted by Gasteiger charge is -2.30. The molecule has 0 bridgehead atoms. The van der Waals surface area contributed by atoms with Crippen LogP contribution in [0.1, 0.15) is 52.4 Å². The molecule has 1 saturated carbocycles. The predicted molar refractivity (Wildman–Crippen MR) is 78.8 cm³/mol. The van der Waals surface area contributed by atoms with Crippen LogP contribution in [0.3, 0.4) is 0 Å². The summed E-state index contributed by atoms with van der Waals surface area (Å²) in [4.78, 5) is 2.70. The first-order valence-electron chi connectivity index (χ1n) is 7.97. The fraction of sp³-hybridized carbons (Fsp3) is 0.938. The molecule has 1 aliphatic heterocycles. The summed E-state index contributed by atoms with van der Waals surface area (Å²) in [5, 5.41) is 12.6. The van der Waals surface area contributed by atoms with Crippen molar-refractivity contribution in [3.05, 3.63) is 0 Å². The van der Waals surface area contributed by atoms with Crippen LogP contribution in [0.15, 0.2) is 0 Å². The molecule has 0 aromatic rings. The van der Waals surface area contributed by atoms with Crippen molar-refractivity contribution in [2.24, 2.45) is 11.3 Å². The largest absolute Gasteiger partial charge is 0.316 e. The number of piperidine rings is 1. The lowest BCUT2D eigenvalue weighted by atomic mass is 9.89. The first-order chi connectivity index (χ1) is 9.11. The zero-order chi connectivity index (χ0) is 13.7. The van der Waals surface area contributed by atoms with E-state index in [9.17, 15) is 0 Å². The molecule has 2 fully saturated rings. The van der Waals surface area contributed by atoms with E-state index in [1.807, 2.05) is 0 Å². The van der Waals surface area contributed by atoms with Gasteiger partial charge in [0.2, 0.25) is 0 Å². The minimum absolute atomic E-state index is 0.151. The molecule has 1 unspecified atom stereocenters. The maximum Gasteiger partial charge on any atom is 0.0683 e. The first kappa shape index (κ1) is 14.8. The Morgan fingerprint density at radius 3 is 2.68 bits per heavy atom. The molecule has 1 saturated heterocycles. The first-order valence-corrected chi connectivity index (χ1v) is 7.97. The highest BCUT2D eigenvalue weighted by Crippen LogP contribution is 2.30. The highest BCUT2D eigenvalue weighted by Gasteiger charge is 2.31. The number of nitrogens with zero attached hydrogens (tertiary/aromatic N) is 2. The van der Waals surface area contributed by atoms with Crippen LogP contribution in [0.2, 0.25) is 0 Å². The van der Waals surface area contributed by atoms with Gasteiger partial charge in [0.1, 0.15) is 0 Å². The molecule has 3 nitrogen and oxygen atoms in total. The third-order valence-electron chi connectivity index (χ3n) is 4.50. The number of nitrogens with one attached hydrogen (secondary N) is 1. The average molecular weight is 263 g/mol. The Kier molecular flexibility index (Phi) is 5.24. The summed E-state index contributed by atoms with van der Waals surface area (Å²) in [5.41, 5.74) is -0.151. The number of hydrogen-bond acceptors (Lipinski definition) is 3. The van der Waals surface area contributed by atoms with Gasteiger partial charge in [-0.3, -0.25) is 0 Å². The molecule has 2 aliphatic rings. The van der Waals surface area contributed by atoms with E-state index in [4.69, 9.17) is 5.26 Å². The van der Waals surface area contributed by atoms with E-state index in [0.717, 1.165) is 24.8 Å². The molecule has 2 rings (SSSR count). The van der Waals surface area contributed by atoms with Gasteiger partial charge in [-0.15, -0.1) is 0 Å². The van der Waals surface area contributed by atoms with E-state index in [2.05, 4.69) is 30.1 Å². The molecule has 3 heteroatoms. The summed E-state index contributed by atoms with van der Waals surface area (Å²) >= 11 is 0. The maximum atomic E-state index is 9.07. The molecule has 1 atom stereocenters. The molecule has 19 heavy (non-hydrogen) atoms. The van der Waals surface area contributed by atoms with Gasteiger partial charge in [-0.25, -0.2) is 0 Å². The van der Waals surface area contributed by atoms with Crippen LogP contribution in [0.25, 0.3) is 0 Å². The lowest BCUT2D eigenvalue weighted by molar-refractivity contribution is 0.191. The highest BCUT2D eigenvalue weighted by atomic mass is 15.2. The van der Waals surface area contributed by atoms with Gasteiger partial charge in [0.25, 0.3) is 0 Å². The second-order valence-corrected chi connectivity index (χ2v) is 7.04. The summed E-state index contributed by atoms with van der Waals surface area (Å²) in [6.45, 7) is 8.97. The van der Waals surface area contributed by atoms with Crippen molar-refractivity contribution in [2.75, 3.05) is 26.2 Å². The predicted octanol–water partition coefficient (Wildman–Crippen LogP) is 2.78. The minimum Gasteiger partial charge on any atom is -0.316 e. The molecule has 1 heterocycles. The topological polar surface area (TPSA) is 39.1 Å². The van der Waals surface area contributed by atoms with Crippen molar-refractivity contribution in [2.45, 2.75) is 58.4 Å². The molecule has 0 spiro atoms. The summed E-state index contributed by atoms with van der Waals surface area (Å²) in [6.07, 6.45) is 7.70. The second-order valence-electron chi connectivity index (χ2n) is 7.04. The molecule has 0 radical (unpaired) electrons. The van der Waals surface area contributed by atoms with Crippen LogP contribution in [-0.2, 0) is 0 Å². The summed E-state index contributed by atoms with van der Waals surface area (Å²) < 4.78 is 0. The van der Waals surface area contributed by atoms with E-state index in [-0.39, 0.29) is 5.41 Å².